The van der Waals surface area contributed by atoms with E-state index in [0.717, 1.165) is 12.1 Å². The van der Waals surface area contributed by atoms with E-state index >= 15 is 0 Å². The van der Waals surface area contributed by atoms with Gasteiger partial charge < -0.3 is 9.36 Å². The molecule has 0 aliphatic carbocycles. The standard InChI is InChI=1S/C22H16Cl2F3N3O3/c1-11-5-13(3-4-17(11)20(31)28-19-6-12(2)29-32-19)18-10-21(33-30-18,22(25,26)27)14-7-15(23)9-16(24)8-14/h3-9H,10H2,1-2H3,(H,28,31). The van der Waals surface area contributed by atoms with Gasteiger partial charge in [-0.2, -0.15) is 13.2 Å². The lowest BCUT2D eigenvalue weighted by Crippen LogP contribution is -2.42. The van der Waals surface area contributed by atoms with Crippen molar-refractivity contribution >= 4 is 40.7 Å². The topological polar surface area (TPSA) is 76.7 Å². The third-order valence-corrected chi connectivity index (χ3v) is 5.62. The van der Waals surface area contributed by atoms with Gasteiger partial charge in [0.15, 0.2) is 0 Å². The zero-order valence-electron chi connectivity index (χ0n) is 17.3. The lowest BCUT2D eigenvalue weighted by molar-refractivity contribution is -0.275. The van der Waals surface area contributed by atoms with E-state index in [-0.39, 0.29) is 27.2 Å². The molecule has 0 saturated heterocycles. The fourth-order valence-electron chi connectivity index (χ4n) is 3.55. The number of aryl methyl sites for hydroxylation is 2. The Morgan fingerprint density at radius 3 is 2.36 bits per heavy atom. The number of rotatable bonds is 4. The molecule has 1 aliphatic heterocycles. The lowest BCUT2D eigenvalue weighted by atomic mass is 9.86. The largest absolute Gasteiger partial charge is 0.435 e. The van der Waals surface area contributed by atoms with Crippen molar-refractivity contribution in [2.45, 2.75) is 32.0 Å². The van der Waals surface area contributed by atoms with Crippen LogP contribution >= 0.6 is 23.2 Å². The van der Waals surface area contributed by atoms with E-state index in [9.17, 15) is 18.0 Å². The molecule has 0 radical (unpaired) electrons. The maximum atomic E-state index is 14.2. The molecule has 3 aromatic rings. The molecule has 11 heteroatoms. The van der Waals surface area contributed by atoms with E-state index in [2.05, 4.69) is 15.6 Å². The van der Waals surface area contributed by atoms with Crippen LogP contribution in [0.2, 0.25) is 10.0 Å². The smallest absolute Gasteiger partial charge is 0.374 e. The van der Waals surface area contributed by atoms with Crippen LogP contribution in [0.3, 0.4) is 0 Å². The number of hydrogen-bond acceptors (Lipinski definition) is 5. The molecule has 1 N–H and O–H groups in total. The van der Waals surface area contributed by atoms with Crippen molar-refractivity contribution in [3.8, 4) is 0 Å². The number of carbonyl (C=O) groups excluding carboxylic acids is 1. The number of oxime groups is 1. The van der Waals surface area contributed by atoms with Gasteiger partial charge in [-0.3, -0.25) is 10.1 Å². The number of hydrogen-bond donors (Lipinski definition) is 1. The highest BCUT2D eigenvalue weighted by Gasteiger charge is 2.62. The van der Waals surface area contributed by atoms with Crippen LogP contribution in [0, 0.1) is 13.8 Å². The molecule has 0 fully saturated rings. The van der Waals surface area contributed by atoms with Crippen LogP contribution in [0.1, 0.15) is 39.2 Å². The van der Waals surface area contributed by atoms with E-state index in [4.69, 9.17) is 32.6 Å². The number of carbonyl (C=O) groups is 1. The summed E-state index contributed by atoms with van der Waals surface area (Å²) in [5.74, 6) is -0.261. The SMILES string of the molecule is Cc1cc(NC(=O)c2ccc(C3=NOC(c4cc(Cl)cc(Cl)c4)(C(F)(F)F)C3)cc2C)on1. The monoisotopic (exact) mass is 497 g/mol. The van der Waals surface area contributed by atoms with Crippen LogP contribution in [0.25, 0.3) is 0 Å². The highest BCUT2D eigenvalue weighted by molar-refractivity contribution is 6.34. The maximum Gasteiger partial charge on any atom is 0.435 e. The van der Waals surface area contributed by atoms with Crippen molar-refractivity contribution < 1.29 is 27.3 Å². The number of nitrogens with one attached hydrogen (secondary N) is 1. The summed E-state index contributed by atoms with van der Waals surface area (Å²) >= 11 is 11.9. The van der Waals surface area contributed by atoms with Crippen molar-refractivity contribution in [3.63, 3.8) is 0 Å². The van der Waals surface area contributed by atoms with Gasteiger partial charge in [0.05, 0.1) is 11.4 Å². The molecular weight excluding hydrogens is 482 g/mol. The normalized spacial score (nSPS) is 18.1. The number of amides is 1. The van der Waals surface area contributed by atoms with E-state index < -0.39 is 24.1 Å². The first-order valence-electron chi connectivity index (χ1n) is 9.62. The van der Waals surface area contributed by atoms with Crippen LogP contribution in [-0.4, -0.2) is 23.0 Å². The maximum absolute atomic E-state index is 14.2. The first-order chi connectivity index (χ1) is 15.5. The summed E-state index contributed by atoms with van der Waals surface area (Å²) in [6.07, 6.45) is -5.38. The third-order valence-electron chi connectivity index (χ3n) is 5.18. The van der Waals surface area contributed by atoms with Gasteiger partial charge in [0, 0.05) is 33.7 Å². The number of nitrogens with zero attached hydrogens (tertiary/aromatic N) is 2. The molecule has 0 saturated carbocycles. The molecule has 6 nitrogen and oxygen atoms in total. The minimum Gasteiger partial charge on any atom is -0.374 e. The quantitative estimate of drug-likeness (QED) is 0.450. The van der Waals surface area contributed by atoms with Gasteiger partial charge >= 0.3 is 6.18 Å². The van der Waals surface area contributed by atoms with Crippen LogP contribution in [-0.2, 0) is 10.4 Å². The summed E-state index contributed by atoms with van der Waals surface area (Å²) in [5.41, 5.74) is -1.07. The zero-order chi connectivity index (χ0) is 24.0. The van der Waals surface area contributed by atoms with Crippen molar-refractivity contribution in [1.82, 2.24) is 5.16 Å². The predicted octanol–water partition coefficient (Wildman–Crippen LogP) is 6.43. The van der Waals surface area contributed by atoms with E-state index in [0.29, 0.717) is 22.4 Å². The molecule has 1 unspecified atom stereocenters. The summed E-state index contributed by atoms with van der Waals surface area (Å²) in [7, 11) is 0. The molecule has 1 atom stereocenters. The van der Waals surface area contributed by atoms with Gasteiger partial charge in [-0.15, -0.1) is 0 Å². The molecule has 33 heavy (non-hydrogen) atoms. The Balaban J connectivity index is 1.61. The van der Waals surface area contributed by atoms with Crippen LogP contribution in [0.5, 0.6) is 0 Å². The van der Waals surface area contributed by atoms with Gasteiger partial charge in [0.1, 0.15) is 0 Å². The molecule has 2 aromatic carbocycles. The van der Waals surface area contributed by atoms with Gasteiger partial charge in [0.2, 0.25) is 5.88 Å². The fourth-order valence-corrected chi connectivity index (χ4v) is 4.07. The number of halogens is 5. The zero-order valence-corrected chi connectivity index (χ0v) is 18.8. The average Bonchev–Trinajstić information content (AvgIpc) is 3.34. The second-order valence-electron chi connectivity index (χ2n) is 7.61. The number of aromatic nitrogens is 1. The third kappa shape index (κ3) is 4.43. The highest BCUT2D eigenvalue weighted by Crippen LogP contribution is 2.49. The lowest BCUT2D eigenvalue weighted by Gasteiger charge is -2.29. The second kappa shape index (κ2) is 8.39. The molecule has 1 aromatic heterocycles. The van der Waals surface area contributed by atoms with Crippen molar-refractivity contribution in [2.75, 3.05) is 5.32 Å². The Hall–Kier alpha value is -3.04. The molecule has 4 rings (SSSR count). The Labute approximate surface area is 196 Å². The average molecular weight is 498 g/mol. The molecule has 1 amide bonds. The number of anilines is 1. The molecule has 0 bridgehead atoms. The summed E-state index contributed by atoms with van der Waals surface area (Å²) in [6, 6.07) is 9.78. The van der Waals surface area contributed by atoms with E-state index in [1.165, 1.54) is 18.2 Å². The minimum atomic E-state index is -4.80. The Kier molecular flexibility index (Phi) is 5.88. The van der Waals surface area contributed by atoms with Crippen molar-refractivity contribution in [1.29, 1.82) is 0 Å². The Bertz CT molecular complexity index is 1250. The minimum absolute atomic E-state index is 0.0475. The Morgan fingerprint density at radius 2 is 1.79 bits per heavy atom. The summed E-state index contributed by atoms with van der Waals surface area (Å²) in [4.78, 5) is 17.5. The van der Waals surface area contributed by atoms with E-state index in [1.807, 2.05) is 0 Å². The second-order valence-corrected chi connectivity index (χ2v) is 8.48. The molecular formula is C22H16Cl2F3N3O3. The predicted molar refractivity (Wildman–Crippen MR) is 117 cm³/mol. The summed E-state index contributed by atoms with van der Waals surface area (Å²) < 4.78 is 47.5. The Morgan fingerprint density at radius 1 is 1.09 bits per heavy atom. The van der Waals surface area contributed by atoms with Gasteiger partial charge in [0.25, 0.3) is 11.5 Å². The first-order valence-corrected chi connectivity index (χ1v) is 10.4. The molecule has 172 valence electrons. The van der Waals surface area contributed by atoms with Crippen molar-refractivity contribution in [2.24, 2.45) is 5.16 Å². The highest BCUT2D eigenvalue weighted by atomic mass is 35.5. The molecule has 0 spiro atoms. The van der Waals surface area contributed by atoms with Crippen molar-refractivity contribution in [3.05, 3.63) is 80.5 Å². The van der Waals surface area contributed by atoms with Crippen LogP contribution in [0.4, 0.5) is 19.1 Å². The molecule has 2 heterocycles. The van der Waals surface area contributed by atoms with Crippen LogP contribution < -0.4 is 5.32 Å². The summed E-state index contributed by atoms with van der Waals surface area (Å²) in [6.45, 7) is 3.37. The number of benzene rings is 2. The van der Waals surface area contributed by atoms with Gasteiger partial charge in [-0.1, -0.05) is 39.6 Å². The fraction of sp³-hybridized carbons (Fsp3) is 0.227. The summed E-state index contributed by atoms with van der Waals surface area (Å²) in [5, 5.41) is 10.1. The van der Waals surface area contributed by atoms with Gasteiger partial charge in [-0.05, 0) is 55.3 Å². The first kappa shape index (κ1) is 23.1. The number of alkyl halides is 3. The van der Waals surface area contributed by atoms with E-state index in [1.54, 1.807) is 26.0 Å². The van der Waals surface area contributed by atoms with Crippen LogP contribution in [0.15, 0.2) is 52.1 Å². The molecule has 1 aliphatic rings. The van der Waals surface area contributed by atoms with Gasteiger partial charge in [-0.25, -0.2) is 0 Å².